The Morgan fingerprint density at radius 1 is 0.583 bits per heavy atom. The quantitative estimate of drug-likeness (QED) is 0.0450. The van der Waals surface area contributed by atoms with Crippen LogP contribution in [0, 0.1) is 0 Å². The van der Waals surface area contributed by atoms with Gasteiger partial charge in [0.15, 0.2) is 6.10 Å². The number of nitrogens with one attached hydrogen (secondary N) is 1. The van der Waals surface area contributed by atoms with Crippen LogP contribution in [0.15, 0.2) is 54.6 Å². The number of ether oxygens (including phenoxy) is 2. The zero-order valence-electron chi connectivity index (χ0n) is 31.2. The van der Waals surface area contributed by atoms with E-state index in [1.165, 1.54) is 109 Å². The van der Waals surface area contributed by atoms with Crippen LogP contribution in [0.1, 0.15) is 181 Å². The summed E-state index contributed by atoms with van der Waals surface area (Å²) in [7, 11) is 0. The molecule has 0 radical (unpaired) electrons. The van der Waals surface area contributed by atoms with Crippen molar-refractivity contribution < 1.29 is 19.1 Å². The topological polar surface area (TPSA) is 64.6 Å². The summed E-state index contributed by atoms with van der Waals surface area (Å²) < 4.78 is 11.3. The molecule has 274 valence electrons. The number of benzene rings is 1. The zero-order chi connectivity index (χ0) is 34.6. The number of hydrogen-bond donors (Lipinski definition) is 1. The molecule has 1 atom stereocenters. The Morgan fingerprint density at radius 3 is 1.60 bits per heavy atom. The van der Waals surface area contributed by atoms with Gasteiger partial charge in [0.05, 0.1) is 6.54 Å². The highest BCUT2D eigenvalue weighted by Crippen LogP contribution is 2.14. The van der Waals surface area contributed by atoms with Crippen LogP contribution in [0.25, 0.3) is 0 Å². The molecule has 0 heterocycles. The Hall–Kier alpha value is -2.56. The Kier molecular flexibility index (Phi) is 31.1. The SMILES string of the molecule is CCCCC/C=C\C/C=C\CCCCCCCC(=O)OC(CNc1ccccc1)COC(=O)CCCCCCCCCCCCCCC. The average molecular weight is 668 g/mol. The van der Waals surface area contributed by atoms with Crippen LogP contribution in [0.3, 0.4) is 0 Å². The molecule has 0 aliphatic carbocycles. The first-order valence-corrected chi connectivity index (χ1v) is 20.1. The Morgan fingerprint density at radius 2 is 1.04 bits per heavy atom. The molecule has 0 saturated carbocycles. The fourth-order valence-electron chi connectivity index (χ4n) is 5.79. The molecule has 5 heteroatoms. The molecule has 0 amide bonds. The first kappa shape index (κ1) is 43.5. The van der Waals surface area contributed by atoms with Crippen molar-refractivity contribution in [3.05, 3.63) is 54.6 Å². The molecule has 1 N–H and O–H groups in total. The number of carbonyl (C=O) groups is 2. The van der Waals surface area contributed by atoms with Crippen LogP contribution < -0.4 is 5.32 Å². The number of esters is 2. The van der Waals surface area contributed by atoms with E-state index in [1.54, 1.807) is 0 Å². The second-order valence-corrected chi connectivity index (χ2v) is 13.5. The third-order valence-corrected chi connectivity index (χ3v) is 8.85. The molecule has 0 aromatic heterocycles. The zero-order valence-corrected chi connectivity index (χ0v) is 31.2. The summed E-state index contributed by atoms with van der Waals surface area (Å²) in [5, 5.41) is 3.31. The minimum absolute atomic E-state index is 0.0883. The van der Waals surface area contributed by atoms with E-state index in [1.807, 2.05) is 30.3 Å². The molecular formula is C43H73NO4. The lowest BCUT2D eigenvalue weighted by Gasteiger charge is -2.19. The number of allylic oxidation sites excluding steroid dienone is 4. The van der Waals surface area contributed by atoms with Gasteiger partial charge in [0.1, 0.15) is 6.61 Å². The molecule has 0 aliphatic heterocycles. The summed E-state index contributed by atoms with van der Waals surface area (Å²) >= 11 is 0. The maximum absolute atomic E-state index is 12.6. The Labute approximate surface area is 296 Å². The Balaban J connectivity index is 2.17. The van der Waals surface area contributed by atoms with Gasteiger partial charge in [0.25, 0.3) is 0 Å². The van der Waals surface area contributed by atoms with Crippen molar-refractivity contribution in [2.45, 2.75) is 187 Å². The summed E-state index contributed by atoms with van der Waals surface area (Å²) in [5.74, 6) is -0.416. The van der Waals surface area contributed by atoms with Crippen LogP contribution in [0.4, 0.5) is 5.69 Å². The highest BCUT2D eigenvalue weighted by Gasteiger charge is 2.17. The van der Waals surface area contributed by atoms with E-state index in [2.05, 4.69) is 43.5 Å². The second kappa shape index (κ2) is 34.3. The molecule has 1 unspecified atom stereocenters. The van der Waals surface area contributed by atoms with Crippen LogP contribution in [-0.2, 0) is 19.1 Å². The third kappa shape index (κ3) is 29.6. The van der Waals surface area contributed by atoms with E-state index < -0.39 is 6.10 Å². The highest BCUT2D eigenvalue weighted by molar-refractivity contribution is 5.70. The van der Waals surface area contributed by atoms with E-state index in [0.717, 1.165) is 50.6 Å². The number of para-hydroxylation sites is 1. The lowest BCUT2D eigenvalue weighted by Crippen LogP contribution is -2.31. The first-order valence-electron chi connectivity index (χ1n) is 20.1. The van der Waals surface area contributed by atoms with Crippen molar-refractivity contribution in [3.63, 3.8) is 0 Å². The fraction of sp³-hybridized carbons (Fsp3) is 0.721. The number of carbonyl (C=O) groups excluding carboxylic acids is 2. The van der Waals surface area contributed by atoms with Gasteiger partial charge in [-0.2, -0.15) is 0 Å². The predicted molar refractivity (Wildman–Crippen MR) is 205 cm³/mol. The van der Waals surface area contributed by atoms with Gasteiger partial charge < -0.3 is 14.8 Å². The summed E-state index contributed by atoms with van der Waals surface area (Å²) in [6, 6.07) is 9.84. The van der Waals surface area contributed by atoms with Crippen molar-refractivity contribution in [1.82, 2.24) is 0 Å². The minimum atomic E-state index is -0.508. The van der Waals surface area contributed by atoms with Crippen molar-refractivity contribution in [3.8, 4) is 0 Å². The number of unbranched alkanes of at least 4 members (excludes halogenated alkanes) is 20. The van der Waals surface area contributed by atoms with Gasteiger partial charge in [-0.3, -0.25) is 9.59 Å². The number of rotatable bonds is 34. The average Bonchev–Trinajstić information content (AvgIpc) is 3.10. The molecular weight excluding hydrogens is 594 g/mol. The molecule has 5 nitrogen and oxygen atoms in total. The monoisotopic (exact) mass is 668 g/mol. The number of hydrogen-bond acceptors (Lipinski definition) is 5. The van der Waals surface area contributed by atoms with Crippen LogP contribution >= 0.6 is 0 Å². The van der Waals surface area contributed by atoms with Crippen molar-refractivity contribution in [1.29, 1.82) is 0 Å². The fourth-order valence-corrected chi connectivity index (χ4v) is 5.79. The molecule has 1 aromatic rings. The lowest BCUT2D eigenvalue weighted by atomic mass is 10.0. The minimum Gasteiger partial charge on any atom is -0.462 e. The standard InChI is InChI=1S/C43H73NO4/c1-3-5-7-9-11-13-15-17-18-20-22-24-26-28-33-37-43(46)48-41(38-44-40-34-30-29-31-35-40)39-47-42(45)36-32-27-25-23-21-19-16-14-12-10-8-6-4-2/h11,13,17-18,29-31,34-35,41,44H,3-10,12,14-16,19-28,32-33,36-39H2,1-2H3/b13-11-,18-17-. The van der Waals surface area contributed by atoms with Gasteiger partial charge in [-0.15, -0.1) is 0 Å². The van der Waals surface area contributed by atoms with Gasteiger partial charge in [-0.1, -0.05) is 166 Å². The molecule has 1 rings (SSSR count). The van der Waals surface area contributed by atoms with E-state index in [0.29, 0.717) is 19.4 Å². The first-order chi connectivity index (χ1) is 23.7. The van der Waals surface area contributed by atoms with Gasteiger partial charge in [0, 0.05) is 18.5 Å². The number of anilines is 1. The Bertz CT molecular complexity index is 913. The van der Waals surface area contributed by atoms with Crippen LogP contribution in [0.2, 0.25) is 0 Å². The van der Waals surface area contributed by atoms with E-state index >= 15 is 0 Å². The second-order valence-electron chi connectivity index (χ2n) is 13.5. The van der Waals surface area contributed by atoms with Crippen molar-refractivity contribution >= 4 is 17.6 Å². The molecule has 0 spiro atoms. The summed E-state index contributed by atoms with van der Waals surface area (Å²) in [6.45, 7) is 5.00. The van der Waals surface area contributed by atoms with Crippen molar-refractivity contribution in [2.24, 2.45) is 0 Å². The summed E-state index contributed by atoms with van der Waals surface area (Å²) in [4.78, 5) is 25.1. The smallest absolute Gasteiger partial charge is 0.306 e. The predicted octanol–water partition coefficient (Wildman–Crippen LogP) is 12.8. The molecule has 0 fully saturated rings. The van der Waals surface area contributed by atoms with Gasteiger partial charge in [-0.25, -0.2) is 0 Å². The highest BCUT2D eigenvalue weighted by atomic mass is 16.6. The molecule has 48 heavy (non-hydrogen) atoms. The molecule has 0 aliphatic rings. The maximum Gasteiger partial charge on any atom is 0.306 e. The summed E-state index contributed by atoms with van der Waals surface area (Å²) in [5.41, 5.74) is 0.950. The summed E-state index contributed by atoms with van der Waals surface area (Å²) in [6.07, 6.45) is 38.7. The molecule has 1 aromatic carbocycles. The molecule has 0 saturated heterocycles. The van der Waals surface area contributed by atoms with E-state index in [9.17, 15) is 9.59 Å². The normalized spacial score (nSPS) is 12.1. The van der Waals surface area contributed by atoms with Crippen molar-refractivity contribution in [2.75, 3.05) is 18.5 Å². The largest absolute Gasteiger partial charge is 0.462 e. The van der Waals surface area contributed by atoms with Gasteiger partial charge in [-0.05, 0) is 57.1 Å². The van der Waals surface area contributed by atoms with Crippen LogP contribution in [0.5, 0.6) is 0 Å². The lowest BCUT2D eigenvalue weighted by molar-refractivity contribution is -0.158. The van der Waals surface area contributed by atoms with Gasteiger partial charge >= 0.3 is 11.9 Å². The van der Waals surface area contributed by atoms with E-state index in [-0.39, 0.29) is 18.5 Å². The third-order valence-electron chi connectivity index (χ3n) is 8.85. The maximum atomic E-state index is 12.6. The van der Waals surface area contributed by atoms with Crippen LogP contribution in [-0.4, -0.2) is 31.2 Å². The van der Waals surface area contributed by atoms with Gasteiger partial charge in [0.2, 0.25) is 0 Å². The van der Waals surface area contributed by atoms with E-state index in [4.69, 9.17) is 9.47 Å². The molecule has 0 bridgehead atoms.